The first-order chi connectivity index (χ1) is 23.1. The van der Waals surface area contributed by atoms with E-state index in [2.05, 4.69) is 44.6 Å². The van der Waals surface area contributed by atoms with Gasteiger partial charge in [0.05, 0.1) is 22.3 Å². The summed E-state index contributed by atoms with van der Waals surface area (Å²) in [5, 5.41) is 17.9. The van der Waals surface area contributed by atoms with Crippen molar-refractivity contribution in [3.05, 3.63) is 65.5 Å². The number of amides is 1. The number of benzene rings is 1. The fraction of sp³-hybridized carbons (Fsp3) is 0.641. The summed E-state index contributed by atoms with van der Waals surface area (Å²) in [6.45, 7) is 23.5. The van der Waals surface area contributed by atoms with Gasteiger partial charge in [0.15, 0.2) is 0 Å². The van der Waals surface area contributed by atoms with Crippen molar-refractivity contribution < 1.29 is 19.2 Å². The Balaban J connectivity index is 2.15. The second kappa shape index (κ2) is 20.8. The van der Waals surface area contributed by atoms with E-state index in [1.165, 1.54) is 63.5 Å². The van der Waals surface area contributed by atoms with Gasteiger partial charge in [-0.1, -0.05) is 91.2 Å². The number of aromatic nitrogens is 2. The van der Waals surface area contributed by atoms with Crippen LogP contribution in [0.3, 0.4) is 0 Å². The van der Waals surface area contributed by atoms with Crippen LogP contribution in [0.4, 0.5) is 16.2 Å². The van der Waals surface area contributed by atoms with Crippen LogP contribution in [0.5, 0.6) is 0 Å². The normalized spacial score (nSPS) is 13.0. The Labute approximate surface area is 295 Å². The van der Waals surface area contributed by atoms with Crippen LogP contribution in [0.25, 0.3) is 11.4 Å². The third-order valence-electron chi connectivity index (χ3n) is 8.16. The number of hydrogen-bond acceptors (Lipinski definition) is 7. The van der Waals surface area contributed by atoms with Gasteiger partial charge in [-0.05, 0) is 57.4 Å². The van der Waals surface area contributed by atoms with E-state index in [-0.39, 0.29) is 18.3 Å². The number of carbonyl (C=O) groups excluding carboxylic acids is 1. The van der Waals surface area contributed by atoms with E-state index in [1.807, 2.05) is 44.5 Å². The molecule has 1 aromatic carbocycles. The summed E-state index contributed by atoms with van der Waals surface area (Å²) in [5.74, 6) is 0.709. The van der Waals surface area contributed by atoms with Crippen LogP contribution in [0, 0.1) is 21.4 Å². The third kappa shape index (κ3) is 16.5. The molecule has 10 heteroatoms. The number of hydrogen-bond donors (Lipinski definition) is 2. The molecule has 49 heavy (non-hydrogen) atoms. The monoisotopic (exact) mass is 681 g/mol. The fourth-order valence-corrected chi connectivity index (χ4v) is 5.39. The maximum Gasteiger partial charge on any atom is 0.408 e. The van der Waals surface area contributed by atoms with Crippen LogP contribution >= 0.6 is 0 Å². The van der Waals surface area contributed by atoms with Crippen molar-refractivity contribution in [2.45, 2.75) is 137 Å². The molecule has 2 N–H and O–H groups in total. The molecule has 1 aromatic heterocycles. The van der Waals surface area contributed by atoms with E-state index >= 15 is 0 Å². The molecule has 2 aromatic rings. The molecule has 10 nitrogen and oxygen atoms in total. The molecule has 0 aliphatic rings. The molecular weight excluding hydrogens is 618 g/mol. The highest BCUT2D eigenvalue weighted by Crippen LogP contribution is 2.33. The van der Waals surface area contributed by atoms with Crippen molar-refractivity contribution >= 4 is 17.5 Å². The first-order valence-electron chi connectivity index (χ1n) is 18.0. The van der Waals surface area contributed by atoms with E-state index in [9.17, 15) is 14.9 Å². The van der Waals surface area contributed by atoms with Crippen molar-refractivity contribution in [1.82, 2.24) is 14.9 Å². The third-order valence-corrected chi connectivity index (χ3v) is 8.16. The molecular formula is C39H63N5O5. The summed E-state index contributed by atoms with van der Waals surface area (Å²) in [5.41, 5.74) is 1.62. The number of ether oxygens (including phenoxy) is 2. The molecule has 2 rings (SSSR count). The van der Waals surface area contributed by atoms with Crippen LogP contribution in [-0.4, -0.2) is 39.3 Å². The standard InChI is InChI=1S/C39H63N5O5/c1-10-21-33(42-37(45)49-39(7,8)9)35-28-43(29-48-25-20-18-16-14-12-13-15-17-19-24-38(4,5)6)36(41-35)32-23-22-31(44(46)47)26-34(32)40-27-30(3)11-2/h10-11,22-23,26,28,30,33,40H,1-2,12-21,24-25,27,29H2,3-9H3,(H,42,45)/t30-,33+/m1/s1. The van der Waals surface area contributed by atoms with Gasteiger partial charge in [-0.25, -0.2) is 9.78 Å². The SMILES string of the molecule is C=CC[C@H](NC(=O)OC(C)(C)C)c1cn(COCCCCCCCCCCCC(C)(C)C)c(-c2ccc([N+](=O)[O-])cc2NC[C@H](C)C=C)n1. The van der Waals surface area contributed by atoms with Crippen molar-refractivity contribution in [2.75, 3.05) is 18.5 Å². The Hall–Kier alpha value is -3.66. The van der Waals surface area contributed by atoms with E-state index in [0.717, 1.165) is 12.8 Å². The molecule has 0 saturated heterocycles. The van der Waals surface area contributed by atoms with Gasteiger partial charge in [-0.2, -0.15) is 0 Å². The van der Waals surface area contributed by atoms with Gasteiger partial charge < -0.3 is 24.7 Å². The van der Waals surface area contributed by atoms with Crippen LogP contribution in [0.1, 0.15) is 131 Å². The average Bonchev–Trinajstić information content (AvgIpc) is 3.44. The van der Waals surface area contributed by atoms with Gasteiger partial charge in [0.1, 0.15) is 18.2 Å². The quantitative estimate of drug-likeness (QED) is 0.0518. The molecule has 274 valence electrons. The Bertz CT molecular complexity index is 1320. The average molecular weight is 682 g/mol. The largest absolute Gasteiger partial charge is 0.444 e. The van der Waals surface area contributed by atoms with Gasteiger partial charge >= 0.3 is 6.09 Å². The lowest BCUT2D eigenvalue weighted by Gasteiger charge is -2.22. The van der Waals surface area contributed by atoms with Crippen LogP contribution in [-0.2, 0) is 16.2 Å². The Morgan fingerprint density at radius 1 is 1.02 bits per heavy atom. The zero-order valence-electron chi connectivity index (χ0n) is 31.3. The maximum atomic E-state index is 12.7. The topological polar surface area (TPSA) is 121 Å². The maximum absolute atomic E-state index is 12.7. The number of carbonyl (C=O) groups is 1. The lowest BCUT2D eigenvalue weighted by atomic mass is 9.89. The lowest BCUT2D eigenvalue weighted by Crippen LogP contribution is -2.35. The van der Waals surface area contributed by atoms with Crippen LogP contribution in [0.15, 0.2) is 49.7 Å². The minimum atomic E-state index is -0.658. The molecule has 0 aliphatic heterocycles. The number of nitro benzene ring substituents is 1. The summed E-state index contributed by atoms with van der Waals surface area (Å²) in [4.78, 5) is 28.9. The Kier molecular flexibility index (Phi) is 17.6. The lowest BCUT2D eigenvalue weighted by molar-refractivity contribution is -0.384. The number of nitrogens with one attached hydrogen (secondary N) is 2. The van der Waals surface area contributed by atoms with Gasteiger partial charge in [-0.15, -0.1) is 13.2 Å². The summed E-state index contributed by atoms with van der Waals surface area (Å²) in [6, 6.07) is 4.21. The molecule has 0 bridgehead atoms. The zero-order chi connectivity index (χ0) is 36.5. The number of nitrogens with zero attached hydrogens (tertiary/aromatic N) is 3. The molecule has 0 fully saturated rings. The highest BCUT2D eigenvalue weighted by molar-refractivity contribution is 5.76. The van der Waals surface area contributed by atoms with Gasteiger partial charge in [0, 0.05) is 37.0 Å². The molecule has 0 unspecified atom stereocenters. The molecule has 0 spiro atoms. The summed E-state index contributed by atoms with van der Waals surface area (Å²) >= 11 is 0. The summed E-state index contributed by atoms with van der Waals surface area (Å²) in [7, 11) is 0. The highest BCUT2D eigenvalue weighted by atomic mass is 16.6. The minimum absolute atomic E-state index is 0.0243. The van der Waals surface area contributed by atoms with Crippen LogP contribution < -0.4 is 10.6 Å². The number of unbranched alkanes of at least 4 members (excludes halogenated alkanes) is 8. The van der Waals surface area contributed by atoms with Crippen molar-refractivity contribution in [3.8, 4) is 11.4 Å². The fourth-order valence-electron chi connectivity index (χ4n) is 5.39. The summed E-state index contributed by atoms with van der Waals surface area (Å²) < 4.78 is 13.6. The van der Waals surface area contributed by atoms with Gasteiger partial charge in [0.2, 0.25) is 0 Å². The zero-order valence-corrected chi connectivity index (χ0v) is 31.3. The predicted octanol–water partition coefficient (Wildman–Crippen LogP) is 10.8. The molecule has 1 heterocycles. The molecule has 2 atom stereocenters. The second-order valence-electron chi connectivity index (χ2n) is 15.3. The van der Waals surface area contributed by atoms with E-state index < -0.39 is 22.7 Å². The van der Waals surface area contributed by atoms with Gasteiger partial charge in [-0.3, -0.25) is 10.1 Å². The molecule has 1 amide bonds. The van der Waals surface area contributed by atoms with Crippen molar-refractivity contribution in [2.24, 2.45) is 11.3 Å². The number of imidazole rings is 1. The van der Waals surface area contributed by atoms with E-state index in [1.54, 1.807) is 12.1 Å². The first kappa shape index (κ1) is 41.5. The van der Waals surface area contributed by atoms with Gasteiger partial charge in [0.25, 0.3) is 5.69 Å². The van der Waals surface area contributed by atoms with Crippen LogP contribution in [0.2, 0.25) is 0 Å². The summed E-state index contributed by atoms with van der Waals surface area (Å²) in [6.07, 6.45) is 17.7. The number of rotatable bonds is 23. The molecule has 0 radical (unpaired) electrons. The Morgan fingerprint density at radius 3 is 2.22 bits per heavy atom. The Morgan fingerprint density at radius 2 is 1.65 bits per heavy atom. The first-order valence-corrected chi connectivity index (χ1v) is 18.0. The predicted molar refractivity (Wildman–Crippen MR) is 201 cm³/mol. The number of non-ortho nitro benzene ring substituents is 1. The number of alkyl carbamates (subject to hydrolysis) is 1. The number of anilines is 1. The van der Waals surface area contributed by atoms with E-state index in [4.69, 9.17) is 14.5 Å². The molecule has 0 saturated carbocycles. The van der Waals surface area contributed by atoms with Crippen molar-refractivity contribution in [1.29, 1.82) is 0 Å². The van der Waals surface area contributed by atoms with E-state index in [0.29, 0.717) is 47.8 Å². The molecule has 0 aliphatic carbocycles. The smallest absolute Gasteiger partial charge is 0.408 e. The number of nitro groups is 1. The second-order valence-corrected chi connectivity index (χ2v) is 15.3. The minimum Gasteiger partial charge on any atom is -0.444 e. The highest BCUT2D eigenvalue weighted by Gasteiger charge is 2.24. The van der Waals surface area contributed by atoms with Crippen molar-refractivity contribution in [3.63, 3.8) is 0 Å².